The van der Waals surface area contributed by atoms with Crippen LogP contribution in [0.2, 0.25) is 0 Å². The average Bonchev–Trinajstić information content (AvgIpc) is 2.54. The van der Waals surface area contributed by atoms with Crippen molar-refractivity contribution in [3.63, 3.8) is 0 Å². The fraction of sp³-hybridized carbons (Fsp3) is 0.625. The largest absolute Gasteiger partial charge is 0.466 e. The molecule has 160 valence electrons. The van der Waals surface area contributed by atoms with Gasteiger partial charge in [0.2, 0.25) is 0 Å². The van der Waals surface area contributed by atoms with Crippen molar-refractivity contribution >= 4 is 22.3 Å². The van der Waals surface area contributed by atoms with E-state index in [1.807, 2.05) is 38.0 Å². The van der Waals surface area contributed by atoms with Crippen molar-refractivity contribution in [2.75, 3.05) is 55.5 Å². The molecule has 0 aliphatic heterocycles. The summed E-state index contributed by atoms with van der Waals surface area (Å²) in [6, 6.07) is 0. The molecule has 0 bridgehead atoms. The summed E-state index contributed by atoms with van der Waals surface area (Å²) in [6.07, 6.45) is 1.33. The molecule has 0 amide bonds. The number of methoxy groups -OCH3 is 2. The Morgan fingerprint density at radius 2 is 1.04 bits per heavy atom. The van der Waals surface area contributed by atoms with Gasteiger partial charge in [0.1, 0.15) is 0 Å². The lowest BCUT2D eigenvalue weighted by atomic mass is 10.2. The maximum atomic E-state index is 10.8. The van der Waals surface area contributed by atoms with Gasteiger partial charge >= 0.3 is 22.3 Å². The number of esters is 2. The van der Waals surface area contributed by atoms with Gasteiger partial charge in [-0.2, -0.15) is 8.42 Å². The first-order chi connectivity index (χ1) is 12.1. The molecule has 10 nitrogen and oxygen atoms in total. The lowest BCUT2D eigenvalue weighted by Crippen LogP contribution is -2.16. The van der Waals surface area contributed by atoms with Gasteiger partial charge in [0.05, 0.1) is 14.2 Å². The number of hydrogen-bond donors (Lipinski definition) is 2. The van der Waals surface area contributed by atoms with Crippen molar-refractivity contribution in [3.8, 4) is 0 Å². The van der Waals surface area contributed by atoms with Gasteiger partial charge in [-0.3, -0.25) is 9.11 Å². The normalized spacial score (nSPS) is 10.1. The summed E-state index contributed by atoms with van der Waals surface area (Å²) < 4.78 is 40.6. The molecule has 2 N–H and O–H groups in total. The van der Waals surface area contributed by atoms with Crippen molar-refractivity contribution in [1.82, 2.24) is 9.80 Å². The van der Waals surface area contributed by atoms with E-state index in [2.05, 4.69) is 22.6 Å². The number of carbonyl (C=O) groups excluding carboxylic acids is 2. The summed E-state index contributed by atoms with van der Waals surface area (Å²) in [4.78, 5) is 25.6. The van der Waals surface area contributed by atoms with Crippen LogP contribution in [0.4, 0.5) is 0 Å². The standard InChI is InChI=1S/2C8H15NO2.H2O4S/c2*1-7(8(10)11-4)5-6-9(2)3;1-5(2,3)4/h2*1,5-6H2,2-4H3;(H2,1,2,3,4). The third-order valence-corrected chi connectivity index (χ3v) is 2.67. The Labute approximate surface area is 162 Å². The van der Waals surface area contributed by atoms with Crippen molar-refractivity contribution in [2.24, 2.45) is 0 Å². The molecule has 11 heteroatoms. The molecule has 0 aromatic heterocycles. The van der Waals surface area contributed by atoms with E-state index in [4.69, 9.17) is 17.5 Å². The highest BCUT2D eigenvalue weighted by Gasteiger charge is 2.06. The molecule has 0 heterocycles. The van der Waals surface area contributed by atoms with Crippen LogP contribution in [-0.2, 0) is 29.5 Å². The van der Waals surface area contributed by atoms with Crippen molar-refractivity contribution in [2.45, 2.75) is 12.8 Å². The minimum Gasteiger partial charge on any atom is -0.466 e. The molecule has 0 atom stereocenters. The molecule has 27 heavy (non-hydrogen) atoms. The third-order valence-electron chi connectivity index (χ3n) is 2.67. The fourth-order valence-electron chi connectivity index (χ4n) is 1.21. The van der Waals surface area contributed by atoms with Gasteiger partial charge in [0, 0.05) is 24.2 Å². The lowest BCUT2D eigenvalue weighted by molar-refractivity contribution is -0.137. The summed E-state index contributed by atoms with van der Waals surface area (Å²) in [6.45, 7) is 8.85. The molecule has 0 radical (unpaired) electrons. The van der Waals surface area contributed by atoms with Crippen LogP contribution in [0, 0.1) is 0 Å². The molecule has 0 saturated carbocycles. The second-order valence-corrected chi connectivity index (χ2v) is 6.64. The molecule has 0 aliphatic carbocycles. The SMILES string of the molecule is C=C(CCN(C)C)C(=O)OC.C=C(CCN(C)C)C(=O)OC.O=S(=O)(O)O. The van der Waals surface area contributed by atoms with Gasteiger partial charge in [-0.05, 0) is 41.0 Å². The average molecular weight is 413 g/mol. The quantitative estimate of drug-likeness (QED) is 0.333. The summed E-state index contributed by atoms with van der Waals surface area (Å²) in [5, 5.41) is 0. The molecule has 0 saturated heterocycles. The second-order valence-electron chi connectivity index (χ2n) is 5.74. The van der Waals surface area contributed by atoms with E-state index >= 15 is 0 Å². The van der Waals surface area contributed by atoms with E-state index in [0.29, 0.717) is 24.0 Å². The Morgan fingerprint density at radius 3 is 1.19 bits per heavy atom. The van der Waals surface area contributed by atoms with E-state index in [-0.39, 0.29) is 11.9 Å². The van der Waals surface area contributed by atoms with Gasteiger partial charge in [-0.1, -0.05) is 13.2 Å². The number of rotatable bonds is 8. The first-order valence-corrected chi connectivity index (χ1v) is 9.06. The minimum atomic E-state index is -4.67. The first kappa shape index (κ1) is 30.0. The molecule has 0 fully saturated rings. The molecular formula is C16H32N2O8S. The fourth-order valence-corrected chi connectivity index (χ4v) is 1.21. The minimum absolute atomic E-state index is 0.313. The Hall–Kier alpha value is -1.79. The molecule has 0 spiro atoms. The summed E-state index contributed by atoms with van der Waals surface area (Å²) >= 11 is 0. The molecule has 0 aromatic carbocycles. The van der Waals surface area contributed by atoms with Crippen LogP contribution in [-0.4, -0.2) is 94.8 Å². The van der Waals surface area contributed by atoms with Gasteiger partial charge in [0.25, 0.3) is 0 Å². The number of ether oxygens (including phenoxy) is 2. The van der Waals surface area contributed by atoms with Crippen LogP contribution < -0.4 is 0 Å². The van der Waals surface area contributed by atoms with E-state index in [9.17, 15) is 9.59 Å². The second kappa shape index (κ2) is 16.4. The summed E-state index contributed by atoms with van der Waals surface area (Å²) in [5.41, 5.74) is 1.06. The number of nitrogens with zero attached hydrogens (tertiary/aromatic N) is 2. The van der Waals surface area contributed by atoms with E-state index < -0.39 is 10.4 Å². The lowest BCUT2D eigenvalue weighted by Gasteiger charge is -2.09. The maximum absolute atomic E-state index is 10.8. The molecular weight excluding hydrogens is 380 g/mol. The topological polar surface area (TPSA) is 134 Å². The highest BCUT2D eigenvalue weighted by Crippen LogP contribution is 2.00. The van der Waals surface area contributed by atoms with Crippen molar-refractivity contribution < 1.29 is 36.6 Å². The maximum Gasteiger partial charge on any atom is 0.394 e. The third kappa shape index (κ3) is 29.2. The van der Waals surface area contributed by atoms with Gasteiger partial charge in [0.15, 0.2) is 0 Å². The van der Waals surface area contributed by atoms with E-state index in [1.165, 1.54) is 14.2 Å². The molecule has 0 aliphatic rings. The predicted octanol–water partition coefficient (Wildman–Crippen LogP) is 0.682. The monoisotopic (exact) mass is 412 g/mol. The number of carbonyl (C=O) groups is 2. The Morgan fingerprint density at radius 1 is 0.815 bits per heavy atom. The van der Waals surface area contributed by atoms with Crippen molar-refractivity contribution in [3.05, 3.63) is 24.3 Å². The summed E-state index contributed by atoms with van der Waals surface area (Å²) in [5.74, 6) is -0.626. The van der Waals surface area contributed by atoms with Crippen LogP contribution in [0.1, 0.15) is 12.8 Å². The Bertz CT molecular complexity index is 527. The van der Waals surface area contributed by atoms with E-state index in [1.54, 1.807) is 0 Å². The molecule has 0 unspecified atom stereocenters. The Kier molecular flexibility index (Phi) is 18.2. The van der Waals surface area contributed by atoms with Crippen LogP contribution in [0.5, 0.6) is 0 Å². The smallest absolute Gasteiger partial charge is 0.394 e. The summed E-state index contributed by atoms with van der Waals surface area (Å²) in [7, 11) is 5.86. The van der Waals surface area contributed by atoms with Crippen LogP contribution in [0.15, 0.2) is 24.3 Å². The van der Waals surface area contributed by atoms with Crippen LogP contribution in [0.3, 0.4) is 0 Å². The van der Waals surface area contributed by atoms with Gasteiger partial charge in [-0.25, -0.2) is 9.59 Å². The predicted molar refractivity (Wildman–Crippen MR) is 103 cm³/mol. The zero-order valence-electron chi connectivity index (χ0n) is 16.9. The zero-order valence-corrected chi connectivity index (χ0v) is 17.7. The molecule has 0 rings (SSSR count). The van der Waals surface area contributed by atoms with Gasteiger partial charge < -0.3 is 19.3 Å². The highest BCUT2D eigenvalue weighted by atomic mass is 32.3. The van der Waals surface area contributed by atoms with Gasteiger partial charge in [-0.15, -0.1) is 0 Å². The molecule has 0 aromatic rings. The van der Waals surface area contributed by atoms with Crippen LogP contribution >= 0.6 is 0 Å². The highest BCUT2D eigenvalue weighted by molar-refractivity contribution is 7.79. The number of hydrogen-bond acceptors (Lipinski definition) is 8. The Balaban J connectivity index is -0.000000344. The zero-order chi connectivity index (χ0) is 22.2. The first-order valence-electron chi connectivity index (χ1n) is 7.67. The van der Waals surface area contributed by atoms with E-state index in [0.717, 1.165) is 13.1 Å². The van der Waals surface area contributed by atoms with Crippen molar-refractivity contribution in [1.29, 1.82) is 0 Å². The van der Waals surface area contributed by atoms with Crippen LogP contribution in [0.25, 0.3) is 0 Å².